The Kier molecular flexibility index (Phi) is 6.41. The molecule has 0 spiro atoms. The molecule has 30 heavy (non-hydrogen) atoms. The Morgan fingerprint density at radius 2 is 1.23 bits per heavy atom. The van der Waals surface area contributed by atoms with Crippen molar-refractivity contribution in [2.75, 3.05) is 13.7 Å². The van der Waals surface area contributed by atoms with Crippen molar-refractivity contribution in [3.8, 4) is 0 Å². The molecule has 0 unspecified atom stereocenters. The first-order valence-corrected chi connectivity index (χ1v) is 10.1. The Bertz CT molecular complexity index is 844. The normalized spacial score (nSPS) is 21.5. The van der Waals surface area contributed by atoms with E-state index in [1.807, 2.05) is 54.6 Å². The fraction of sp³-hybridized carbons (Fsp3) is 0.231. The Labute approximate surface area is 177 Å². The van der Waals surface area contributed by atoms with Gasteiger partial charge in [-0.25, -0.2) is 0 Å². The summed E-state index contributed by atoms with van der Waals surface area (Å²) in [5.74, 6) is 0. The van der Waals surface area contributed by atoms with E-state index in [1.54, 1.807) is 19.3 Å². The first kappa shape index (κ1) is 20.5. The van der Waals surface area contributed by atoms with Crippen LogP contribution in [0.2, 0.25) is 0 Å². The number of ether oxygens (including phenoxy) is 3. The van der Waals surface area contributed by atoms with Gasteiger partial charge in [-0.3, -0.25) is 0 Å². The Morgan fingerprint density at radius 1 is 0.767 bits per heavy atom. The maximum absolute atomic E-state index is 10.4. The standard InChI is InChI=1S/C26H26O4/c1-28-25-18-17-23(27)24(30-25)19-29-26(20-11-5-2-6-12-20,21-13-7-3-8-14-21)22-15-9-4-10-16-22/h2-18,23-25,27H,19H2,1H3/t23-,24+,25-/m0/s1. The third-order valence-electron chi connectivity index (χ3n) is 5.39. The molecule has 0 amide bonds. The summed E-state index contributed by atoms with van der Waals surface area (Å²) < 4.78 is 17.9. The van der Waals surface area contributed by atoms with Gasteiger partial charge in [-0.15, -0.1) is 0 Å². The summed E-state index contributed by atoms with van der Waals surface area (Å²) >= 11 is 0. The van der Waals surface area contributed by atoms with Crippen molar-refractivity contribution in [3.05, 3.63) is 120 Å². The van der Waals surface area contributed by atoms with E-state index >= 15 is 0 Å². The van der Waals surface area contributed by atoms with Crippen LogP contribution in [-0.4, -0.2) is 37.3 Å². The van der Waals surface area contributed by atoms with E-state index in [4.69, 9.17) is 14.2 Å². The number of hydrogen-bond acceptors (Lipinski definition) is 4. The van der Waals surface area contributed by atoms with Crippen LogP contribution in [0.1, 0.15) is 16.7 Å². The summed E-state index contributed by atoms with van der Waals surface area (Å²) in [7, 11) is 1.58. The number of aliphatic hydroxyl groups excluding tert-OH is 1. The van der Waals surface area contributed by atoms with Crippen LogP contribution >= 0.6 is 0 Å². The highest BCUT2D eigenvalue weighted by Gasteiger charge is 2.39. The minimum absolute atomic E-state index is 0.185. The second-order valence-electron chi connectivity index (χ2n) is 7.24. The SMILES string of the molecule is CO[C@@H]1C=C[C@H](O)[C@@H](COC(c2ccccc2)(c2ccccc2)c2ccccc2)O1. The van der Waals surface area contributed by atoms with Gasteiger partial charge in [0, 0.05) is 7.11 Å². The molecular formula is C26H26O4. The minimum atomic E-state index is -0.851. The van der Waals surface area contributed by atoms with Gasteiger partial charge in [-0.05, 0) is 22.8 Å². The van der Waals surface area contributed by atoms with Crippen molar-refractivity contribution in [1.29, 1.82) is 0 Å². The largest absolute Gasteiger partial charge is 0.386 e. The predicted octanol–water partition coefficient (Wildman–Crippen LogP) is 4.28. The molecule has 1 heterocycles. The average Bonchev–Trinajstić information content (AvgIpc) is 2.82. The molecule has 3 aromatic carbocycles. The van der Waals surface area contributed by atoms with Gasteiger partial charge in [0.15, 0.2) is 6.29 Å². The van der Waals surface area contributed by atoms with Crippen molar-refractivity contribution < 1.29 is 19.3 Å². The molecule has 0 aromatic heterocycles. The molecule has 4 heteroatoms. The van der Waals surface area contributed by atoms with Gasteiger partial charge in [0.2, 0.25) is 0 Å². The highest BCUT2D eigenvalue weighted by Crippen LogP contribution is 2.40. The van der Waals surface area contributed by atoms with Crippen molar-refractivity contribution in [1.82, 2.24) is 0 Å². The number of hydrogen-bond donors (Lipinski definition) is 1. The zero-order chi connectivity index (χ0) is 20.8. The van der Waals surface area contributed by atoms with Gasteiger partial charge in [0.1, 0.15) is 17.8 Å². The molecule has 0 saturated carbocycles. The lowest BCUT2D eigenvalue weighted by Crippen LogP contribution is -2.43. The topological polar surface area (TPSA) is 47.9 Å². The van der Waals surface area contributed by atoms with E-state index in [9.17, 15) is 5.11 Å². The van der Waals surface area contributed by atoms with Crippen molar-refractivity contribution in [2.24, 2.45) is 0 Å². The van der Waals surface area contributed by atoms with Gasteiger partial charge < -0.3 is 19.3 Å². The number of rotatable bonds is 7. The minimum Gasteiger partial charge on any atom is -0.386 e. The van der Waals surface area contributed by atoms with E-state index in [1.165, 1.54) is 0 Å². The van der Waals surface area contributed by atoms with E-state index in [0.29, 0.717) is 0 Å². The number of aliphatic hydroxyl groups is 1. The Morgan fingerprint density at radius 3 is 1.67 bits per heavy atom. The molecule has 0 bridgehead atoms. The maximum Gasteiger partial charge on any atom is 0.177 e. The number of benzene rings is 3. The van der Waals surface area contributed by atoms with Gasteiger partial charge in [0.25, 0.3) is 0 Å². The zero-order valence-corrected chi connectivity index (χ0v) is 16.9. The van der Waals surface area contributed by atoms with Gasteiger partial charge in [-0.1, -0.05) is 97.1 Å². The van der Waals surface area contributed by atoms with E-state index in [0.717, 1.165) is 16.7 Å². The van der Waals surface area contributed by atoms with E-state index in [-0.39, 0.29) is 6.61 Å². The van der Waals surface area contributed by atoms with E-state index in [2.05, 4.69) is 36.4 Å². The number of methoxy groups -OCH3 is 1. The van der Waals surface area contributed by atoms with Crippen molar-refractivity contribution >= 4 is 0 Å². The Balaban J connectivity index is 1.78. The maximum atomic E-state index is 10.4. The molecule has 1 aliphatic heterocycles. The summed E-state index contributed by atoms with van der Waals surface area (Å²) in [6.07, 6.45) is 1.59. The second-order valence-corrected chi connectivity index (χ2v) is 7.24. The molecule has 3 aromatic rings. The summed E-state index contributed by atoms with van der Waals surface area (Å²) in [5.41, 5.74) is 2.17. The molecular weight excluding hydrogens is 376 g/mol. The third kappa shape index (κ3) is 4.09. The Hall–Kier alpha value is -2.76. The van der Waals surface area contributed by atoms with Crippen LogP contribution in [0.15, 0.2) is 103 Å². The van der Waals surface area contributed by atoms with Crippen LogP contribution in [0.5, 0.6) is 0 Å². The first-order chi connectivity index (χ1) is 14.7. The summed E-state index contributed by atoms with van der Waals surface area (Å²) in [6, 6.07) is 30.4. The van der Waals surface area contributed by atoms with Gasteiger partial charge in [-0.2, -0.15) is 0 Å². The quantitative estimate of drug-likeness (QED) is 0.473. The molecule has 154 valence electrons. The fourth-order valence-electron chi connectivity index (χ4n) is 3.87. The smallest absolute Gasteiger partial charge is 0.177 e. The molecule has 0 fully saturated rings. The molecule has 0 saturated heterocycles. The van der Waals surface area contributed by atoms with Crippen LogP contribution in [0.3, 0.4) is 0 Å². The van der Waals surface area contributed by atoms with Gasteiger partial charge in [0.05, 0.1) is 6.61 Å². The average molecular weight is 402 g/mol. The summed E-state index contributed by atoms with van der Waals surface area (Å²) in [5, 5.41) is 10.4. The predicted molar refractivity (Wildman–Crippen MR) is 116 cm³/mol. The molecule has 0 aliphatic carbocycles. The summed E-state index contributed by atoms with van der Waals surface area (Å²) in [6.45, 7) is 0.185. The zero-order valence-electron chi connectivity index (χ0n) is 16.9. The van der Waals surface area contributed by atoms with Crippen LogP contribution in [0, 0.1) is 0 Å². The fourth-order valence-corrected chi connectivity index (χ4v) is 3.87. The van der Waals surface area contributed by atoms with E-state index < -0.39 is 24.1 Å². The summed E-state index contributed by atoms with van der Waals surface area (Å²) in [4.78, 5) is 0. The van der Waals surface area contributed by atoms with Crippen LogP contribution in [0.25, 0.3) is 0 Å². The lowest BCUT2D eigenvalue weighted by molar-refractivity contribution is -0.183. The molecule has 1 aliphatic rings. The molecule has 1 N–H and O–H groups in total. The lowest BCUT2D eigenvalue weighted by atomic mass is 9.80. The second kappa shape index (κ2) is 9.37. The lowest BCUT2D eigenvalue weighted by Gasteiger charge is -2.38. The van der Waals surface area contributed by atoms with Gasteiger partial charge >= 0.3 is 0 Å². The molecule has 0 radical (unpaired) electrons. The first-order valence-electron chi connectivity index (χ1n) is 10.1. The van der Waals surface area contributed by atoms with Crippen molar-refractivity contribution in [2.45, 2.75) is 24.1 Å². The third-order valence-corrected chi connectivity index (χ3v) is 5.39. The van der Waals surface area contributed by atoms with Crippen LogP contribution in [0.4, 0.5) is 0 Å². The molecule has 4 nitrogen and oxygen atoms in total. The molecule has 3 atom stereocenters. The highest BCUT2D eigenvalue weighted by atomic mass is 16.7. The van der Waals surface area contributed by atoms with Crippen LogP contribution in [-0.2, 0) is 19.8 Å². The molecule has 4 rings (SSSR count). The monoisotopic (exact) mass is 402 g/mol. The highest BCUT2D eigenvalue weighted by molar-refractivity contribution is 5.47. The van der Waals surface area contributed by atoms with Crippen molar-refractivity contribution in [3.63, 3.8) is 0 Å². The van der Waals surface area contributed by atoms with Crippen LogP contribution < -0.4 is 0 Å².